The van der Waals surface area contributed by atoms with E-state index in [1.165, 1.54) is 0 Å². The van der Waals surface area contributed by atoms with Gasteiger partial charge in [-0.2, -0.15) is 13.2 Å². The van der Waals surface area contributed by atoms with E-state index in [-0.39, 0.29) is 12.5 Å². The number of carbonyl (C=O) groups excluding carboxylic acids is 1. The Labute approximate surface area is 203 Å². The van der Waals surface area contributed by atoms with Gasteiger partial charge >= 0.3 is 6.18 Å². The minimum Gasteiger partial charge on any atom is -0.401 e. The number of allylic oxidation sites excluding steroid dienone is 7. The summed E-state index contributed by atoms with van der Waals surface area (Å²) in [6.45, 7) is 9.14. The van der Waals surface area contributed by atoms with Crippen LogP contribution in [-0.2, 0) is 4.79 Å². The van der Waals surface area contributed by atoms with Crippen LogP contribution < -0.4 is 16.4 Å². The highest BCUT2D eigenvalue weighted by atomic mass is 19.4. The number of rotatable bonds is 10. The van der Waals surface area contributed by atoms with Gasteiger partial charge in [-0.3, -0.25) is 0 Å². The third kappa shape index (κ3) is 16.7. The first-order valence-corrected chi connectivity index (χ1v) is 11.1. The minimum atomic E-state index is -4.07. The van der Waals surface area contributed by atoms with Gasteiger partial charge in [0.05, 0.1) is 6.42 Å². The molecule has 5 nitrogen and oxygen atoms in total. The third-order valence-electron chi connectivity index (χ3n) is 5.05. The molecule has 0 aliphatic carbocycles. The van der Waals surface area contributed by atoms with E-state index >= 15 is 0 Å². The van der Waals surface area contributed by atoms with E-state index in [4.69, 9.17) is 5.73 Å². The van der Waals surface area contributed by atoms with Gasteiger partial charge in [-0.1, -0.05) is 24.8 Å². The summed E-state index contributed by atoms with van der Waals surface area (Å²) in [6, 6.07) is 0. The zero-order valence-electron chi connectivity index (χ0n) is 20.9. The van der Waals surface area contributed by atoms with E-state index in [1.807, 2.05) is 40.1 Å². The van der Waals surface area contributed by atoms with Crippen molar-refractivity contribution in [2.45, 2.75) is 45.7 Å². The molecule has 34 heavy (non-hydrogen) atoms. The first-order valence-electron chi connectivity index (χ1n) is 11.1. The lowest BCUT2D eigenvalue weighted by Crippen LogP contribution is -2.36. The maximum atomic E-state index is 11.9. The zero-order chi connectivity index (χ0) is 26.6. The van der Waals surface area contributed by atoms with Crippen molar-refractivity contribution in [1.29, 1.82) is 0 Å². The standard InChI is InChI=1S/C15H25N3.C9H14F3NO.C2H2/c1-6-13(7-2)14(10-12(3)18-5)8-9-15(16)11-17-4;10-9(11,12)3-6-13-4-1-8(7-14)2-5-13;1-2/h6-8,10-11,17-18H,1,9,16H2,2-5H3;7-8H,1-6H2;1-2H/b12-10+,13-7-,14-8-,15-11-;;. The molecular weight excluding hydrogens is 441 g/mol. The van der Waals surface area contributed by atoms with Crippen molar-refractivity contribution in [2.24, 2.45) is 11.7 Å². The molecule has 0 spiro atoms. The molecule has 0 atom stereocenters. The van der Waals surface area contributed by atoms with Gasteiger partial charge in [-0.15, -0.1) is 12.8 Å². The number of carbonyl (C=O) groups is 1. The molecule has 4 N–H and O–H groups in total. The van der Waals surface area contributed by atoms with Crippen molar-refractivity contribution in [3.8, 4) is 12.8 Å². The van der Waals surface area contributed by atoms with Crippen molar-refractivity contribution in [2.75, 3.05) is 33.7 Å². The lowest BCUT2D eigenvalue weighted by molar-refractivity contribution is -0.139. The minimum absolute atomic E-state index is 0.0529. The fourth-order valence-electron chi connectivity index (χ4n) is 3.04. The second-order valence-corrected chi connectivity index (χ2v) is 7.58. The fraction of sp³-hybridized carbons (Fsp3) is 0.500. The smallest absolute Gasteiger partial charge is 0.390 e. The quantitative estimate of drug-likeness (QED) is 0.240. The summed E-state index contributed by atoms with van der Waals surface area (Å²) in [4.78, 5) is 12.2. The number of nitrogens with zero attached hydrogens (tertiary/aromatic N) is 1. The van der Waals surface area contributed by atoms with Gasteiger partial charge in [0, 0.05) is 50.6 Å². The van der Waals surface area contributed by atoms with Crippen LogP contribution in [0.2, 0.25) is 0 Å². The molecule has 0 unspecified atom stereocenters. The maximum Gasteiger partial charge on any atom is 0.390 e. The molecule has 0 aromatic heterocycles. The Morgan fingerprint density at radius 2 is 1.79 bits per heavy atom. The number of likely N-dealkylation sites (tertiary alicyclic amines) is 1. The van der Waals surface area contributed by atoms with Gasteiger partial charge in [0.2, 0.25) is 0 Å². The molecular formula is C26H41F3N4O. The van der Waals surface area contributed by atoms with Crippen LogP contribution in [0, 0.1) is 18.8 Å². The molecule has 0 amide bonds. The number of terminal acetylenes is 1. The first kappa shape index (κ1) is 33.3. The van der Waals surface area contributed by atoms with Crippen molar-refractivity contribution in [1.82, 2.24) is 15.5 Å². The fourth-order valence-corrected chi connectivity index (χ4v) is 3.04. The number of halogens is 3. The number of nitrogens with one attached hydrogen (secondary N) is 2. The van der Waals surface area contributed by atoms with Gasteiger partial charge in [0.25, 0.3) is 0 Å². The van der Waals surface area contributed by atoms with Crippen LogP contribution in [-0.4, -0.2) is 51.1 Å². The van der Waals surface area contributed by atoms with Gasteiger partial charge < -0.3 is 26.1 Å². The van der Waals surface area contributed by atoms with Crippen LogP contribution in [0.3, 0.4) is 0 Å². The lowest BCUT2D eigenvalue weighted by Gasteiger charge is -2.29. The molecule has 0 bridgehead atoms. The van der Waals surface area contributed by atoms with Crippen molar-refractivity contribution in [3.05, 3.63) is 59.6 Å². The second kappa shape index (κ2) is 19.5. The normalized spacial score (nSPS) is 16.4. The Bertz CT molecular complexity index is 726. The first-order chi connectivity index (χ1) is 16.1. The van der Waals surface area contributed by atoms with Crippen LogP contribution in [0.4, 0.5) is 13.2 Å². The number of aldehydes is 1. The molecule has 1 aliphatic heterocycles. The number of hydrogen-bond donors (Lipinski definition) is 3. The van der Waals surface area contributed by atoms with Gasteiger partial charge in [-0.05, 0) is 57.0 Å². The molecule has 0 saturated carbocycles. The Balaban J connectivity index is 0. The summed E-state index contributed by atoms with van der Waals surface area (Å²) in [6.07, 6.45) is 16.1. The van der Waals surface area contributed by atoms with E-state index in [9.17, 15) is 18.0 Å². The summed E-state index contributed by atoms with van der Waals surface area (Å²) >= 11 is 0. The molecule has 1 fully saturated rings. The van der Waals surface area contributed by atoms with Crippen molar-refractivity contribution < 1.29 is 18.0 Å². The summed E-state index contributed by atoms with van der Waals surface area (Å²) in [5.41, 5.74) is 9.96. The summed E-state index contributed by atoms with van der Waals surface area (Å²) < 4.78 is 35.6. The number of nitrogens with two attached hydrogens (primary N) is 1. The van der Waals surface area contributed by atoms with E-state index in [1.54, 1.807) is 11.1 Å². The van der Waals surface area contributed by atoms with E-state index in [2.05, 4.69) is 42.2 Å². The SMILES string of the molecule is C#C.C=CC(=C/C)/C(=C\C/C(N)=C/NC)/C=C(\C)NC.O=CC1CCN(CCC(F)(F)F)CC1. The molecule has 1 rings (SSSR count). The average molecular weight is 483 g/mol. The van der Waals surface area contributed by atoms with E-state index in [0.29, 0.717) is 32.4 Å². The number of alkyl halides is 3. The largest absolute Gasteiger partial charge is 0.401 e. The molecule has 1 aliphatic rings. The Kier molecular flexibility index (Phi) is 19.1. The highest BCUT2D eigenvalue weighted by Gasteiger charge is 2.28. The highest BCUT2D eigenvalue weighted by molar-refractivity contribution is 5.53. The van der Waals surface area contributed by atoms with E-state index in [0.717, 1.165) is 28.8 Å². The average Bonchev–Trinajstić information content (AvgIpc) is 2.83. The summed E-state index contributed by atoms with van der Waals surface area (Å²) in [7, 11) is 3.74. The molecule has 192 valence electrons. The topological polar surface area (TPSA) is 70.4 Å². The monoisotopic (exact) mass is 482 g/mol. The van der Waals surface area contributed by atoms with Gasteiger partial charge in [0.1, 0.15) is 6.29 Å². The number of piperidine rings is 1. The van der Waals surface area contributed by atoms with Crippen LogP contribution in [0.25, 0.3) is 0 Å². The Morgan fingerprint density at radius 3 is 2.21 bits per heavy atom. The Morgan fingerprint density at radius 1 is 1.21 bits per heavy atom. The highest BCUT2D eigenvalue weighted by Crippen LogP contribution is 2.22. The third-order valence-corrected chi connectivity index (χ3v) is 5.05. The summed E-state index contributed by atoms with van der Waals surface area (Å²) in [5, 5.41) is 6.03. The lowest BCUT2D eigenvalue weighted by atomic mass is 9.98. The molecule has 8 heteroatoms. The Hall–Kier alpha value is -2.92. The molecule has 0 aromatic rings. The summed E-state index contributed by atoms with van der Waals surface area (Å²) in [5.74, 6) is 0.0529. The second-order valence-electron chi connectivity index (χ2n) is 7.58. The van der Waals surface area contributed by atoms with Crippen molar-refractivity contribution in [3.63, 3.8) is 0 Å². The molecule has 1 heterocycles. The van der Waals surface area contributed by atoms with Crippen LogP contribution in [0.1, 0.15) is 39.5 Å². The zero-order valence-corrected chi connectivity index (χ0v) is 20.9. The van der Waals surface area contributed by atoms with Crippen molar-refractivity contribution >= 4 is 6.29 Å². The van der Waals surface area contributed by atoms with E-state index < -0.39 is 12.6 Å². The van der Waals surface area contributed by atoms with Crippen LogP contribution in [0.5, 0.6) is 0 Å². The number of hydrogen-bond acceptors (Lipinski definition) is 5. The molecule has 0 radical (unpaired) electrons. The molecule has 0 aromatic carbocycles. The molecule has 1 saturated heterocycles. The van der Waals surface area contributed by atoms with Crippen LogP contribution in [0.15, 0.2) is 59.6 Å². The van der Waals surface area contributed by atoms with Gasteiger partial charge in [0.15, 0.2) is 0 Å². The maximum absolute atomic E-state index is 11.9. The van der Waals surface area contributed by atoms with Gasteiger partial charge in [-0.25, -0.2) is 0 Å². The predicted molar refractivity (Wildman–Crippen MR) is 137 cm³/mol. The van der Waals surface area contributed by atoms with Crippen LogP contribution >= 0.6 is 0 Å². The predicted octanol–water partition coefficient (Wildman–Crippen LogP) is 4.68.